The Morgan fingerprint density at radius 1 is 0.541 bits per heavy atom. The summed E-state index contributed by atoms with van der Waals surface area (Å²) in [6.07, 6.45) is 0. The van der Waals surface area contributed by atoms with Crippen LogP contribution in [0.15, 0.2) is 46.9 Å². The van der Waals surface area contributed by atoms with E-state index in [1.807, 2.05) is 0 Å². The summed E-state index contributed by atoms with van der Waals surface area (Å²) in [6, 6.07) is 11.0. The molecule has 0 bridgehead atoms. The number of para-hydroxylation sites is 1. The zero-order valence-electron chi connectivity index (χ0n) is 21.2. The van der Waals surface area contributed by atoms with Crippen LogP contribution in [0.1, 0.15) is 0 Å². The van der Waals surface area contributed by atoms with Crippen LogP contribution in [0.5, 0.6) is 51.7 Å². The van der Waals surface area contributed by atoms with Gasteiger partial charge in [-0.25, -0.2) is 0 Å². The highest BCUT2D eigenvalue weighted by molar-refractivity contribution is 9.10. The first-order valence-electron chi connectivity index (χ1n) is 10.4. The van der Waals surface area contributed by atoms with Crippen LogP contribution in [-0.2, 0) is 0 Å². The minimum Gasteiger partial charge on any atom is -0.502 e. The predicted octanol–water partition coefficient (Wildman–Crippen LogP) is 2.67. The summed E-state index contributed by atoms with van der Waals surface area (Å²) in [6.45, 7) is 0. The van der Waals surface area contributed by atoms with Gasteiger partial charge >= 0.3 is 7.12 Å². The van der Waals surface area contributed by atoms with Gasteiger partial charge in [-0.3, -0.25) is 0 Å². The smallest absolute Gasteiger partial charge is 0.488 e. The molecular formula is C24H30BBrO11. The molecule has 0 radical (unpaired) electrons. The highest BCUT2D eigenvalue weighted by Crippen LogP contribution is 2.38. The number of phenols is 3. The predicted molar refractivity (Wildman–Crippen MR) is 141 cm³/mol. The molecule has 0 amide bonds. The number of methoxy groups -OCH3 is 6. The lowest BCUT2D eigenvalue weighted by molar-refractivity contribution is 0.339. The maximum absolute atomic E-state index is 9.48. The highest BCUT2D eigenvalue weighted by Gasteiger charge is 2.18. The molecule has 0 fully saturated rings. The van der Waals surface area contributed by atoms with E-state index in [1.54, 1.807) is 30.3 Å². The lowest BCUT2D eigenvalue weighted by Gasteiger charge is -2.10. The van der Waals surface area contributed by atoms with Gasteiger partial charge in [0.1, 0.15) is 0 Å². The van der Waals surface area contributed by atoms with Crippen molar-refractivity contribution < 1.29 is 53.8 Å². The molecule has 202 valence electrons. The second-order valence-electron chi connectivity index (χ2n) is 6.82. The van der Waals surface area contributed by atoms with Gasteiger partial charge < -0.3 is 53.8 Å². The number of hydrogen-bond acceptors (Lipinski definition) is 11. The Hall–Kier alpha value is -3.68. The maximum Gasteiger partial charge on any atom is 0.488 e. The lowest BCUT2D eigenvalue weighted by Crippen LogP contribution is -2.29. The molecule has 0 atom stereocenters. The number of phenolic OH excluding ortho intramolecular Hbond substituents is 3. The molecule has 3 aromatic carbocycles. The molecule has 0 saturated heterocycles. The summed E-state index contributed by atoms with van der Waals surface area (Å²) in [4.78, 5) is 0. The van der Waals surface area contributed by atoms with Crippen LogP contribution >= 0.6 is 15.9 Å². The maximum atomic E-state index is 9.48. The van der Waals surface area contributed by atoms with Gasteiger partial charge in [0.15, 0.2) is 34.5 Å². The molecule has 0 aliphatic heterocycles. The first kappa shape index (κ1) is 31.4. The topological polar surface area (TPSA) is 157 Å². The standard InChI is InChI=1S/C8H11BO5.C8H9BrO3.C8H10O3/c1-13-6-3-5(9(11)12)4-7(14-2)8(6)10;1-11-6-3-5(9)4-7(12-2)8(6)10;1-10-6-4-3-5-7(11-2)8(6)9/h3-4,10-12H,1-2H3;3-4,10H,1-2H3;3-5,9H,1-2H3. The van der Waals surface area contributed by atoms with Gasteiger partial charge in [0.2, 0.25) is 17.2 Å². The van der Waals surface area contributed by atoms with E-state index in [1.165, 1.54) is 54.8 Å². The molecule has 0 saturated carbocycles. The van der Waals surface area contributed by atoms with Crippen molar-refractivity contribution in [2.45, 2.75) is 0 Å². The summed E-state index contributed by atoms with van der Waals surface area (Å²) < 4.78 is 30.0. The fourth-order valence-electron chi connectivity index (χ4n) is 2.76. The molecule has 0 heterocycles. The Bertz CT molecular complexity index is 1070. The van der Waals surface area contributed by atoms with Crippen LogP contribution in [-0.4, -0.2) is 75.1 Å². The first-order valence-corrected chi connectivity index (χ1v) is 11.2. The van der Waals surface area contributed by atoms with E-state index in [0.717, 1.165) is 4.47 Å². The molecule has 37 heavy (non-hydrogen) atoms. The second kappa shape index (κ2) is 15.4. The van der Waals surface area contributed by atoms with E-state index in [0.29, 0.717) is 23.0 Å². The number of rotatable bonds is 7. The Kier molecular flexibility index (Phi) is 13.1. The quantitative estimate of drug-likeness (QED) is 0.260. The Balaban J connectivity index is 0.000000280. The normalized spacial score (nSPS) is 9.54. The summed E-state index contributed by atoms with van der Waals surface area (Å²) in [7, 11) is 7.06. The summed E-state index contributed by atoms with van der Waals surface area (Å²) in [5, 5.41) is 46.1. The number of ether oxygens (including phenoxy) is 6. The Morgan fingerprint density at radius 2 is 0.838 bits per heavy atom. The molecule has 3 aromatic rings. The molecule has 0 unspecified atom stereocenters. The molecule has 11 nitrogen and oxygen atoms in total. The van der Waals surface area contributed by atoms with Gasteiger partial charge in [-0.2, -0.15) is 0 Å². The van der Waals surface area contributed by atoms with Gasteiger partial charge in [-0.1, -0.05) is 22.0 Å². The summed E-state index contributed by atoms with van der Waals surface area (Å²) >= 11 is 3.26. The minimum absolute atomic E-state index is 0.0169. The average Bonchev–Trinajstić information content (AvgIpc) is 2.90. The van der Waals surface area contributed by atoms with Crippen LogP contribution in [0.25, 0.3) is 0 Å². The van der Waals surface area contributed by atoms with E-state index in [4.69, 9.17) is 38.5 Å². The number of benzene rings is 3. The molecule has 0 aliphatic rings. The van der Waals surface area contributed by atoms with Crippen LogP contribution in [0, 0.1) is 0 Å². The van der Waals surface area contributed by atoms with Crippen molar-refractivity contribution >= 4 is 28.5 Å². The first-order chi connectivity index (χ1) is 17.6. The molecule has 5 N–H and O–H groups in total. The average molecular weight is 585 g/mol. The molecular weight excluding hydrogens is 555 g/mol. The van der Waals surface area contributed by atoms with Crippen LogP contribution in [0.4, 0.5) is 0 Å². The van der Waals surface area contributed by atoms with E-state index in [2.05, 4.69) is 15.9 Å². The van der Waals surface area contributed by atoms with Crippen molar-refractivity contribution in [2.75, 3.05) is 42.7 Å². The molecule has 0 aliphatic carbocycles. The van der Waals surface area contributed by atoms with Gasteiger partial charge in [0.25, 0.3) is 0 Å². The molecule has 13 heteroatoms. The summed E-state index contributed by atoms with van der Waals surface area (Å²) in [5.74, 6) is 1.77. The lowest BCUT2D eigenvalue weighted by atomic mass is 9.80. The number of hydrogen-bond donors (Lipinski definition) is 5. The largest absolute Gasteiger partial charge is 0.502 e. The third-order valence-electron chi connectivity index (χ3n) is 4.65. The van der Waals surface area contributed by atoms with Crippen LogP contribution in [0.3, 0.4) is 0 Å². The fourth-order valence-corrected chi connectivity index (χ4v) is 3.17. The zero-order chi connectivity index (χ0) is 28.1. The third-order valence-corrected chi connectivity index (χ3v) is 5.10. The molecule has 0 spiro atoms. The minimum atomic E-state index is -1.63. The van der Waals surface area contributed by atoms with E-state index >= 15 is 0 Å². The van der Waals surface area contributed by atoms with Crippen molar-refractivity contribution in [3.8, 4) is 51.7 Å². The molecule has 3 rings (SSSR count). The van der Waals surface area contributed by atoms with Crippen molar-refractivity contribution in [1.82, 2.24) is 0 Å². The zero-order valence-corrected chi connectivity index (χ0v) is 22.8. The van der Waals surface area contributed by atoms with Gasteiger partial charge in [0.05, 0.1) is 42.7 Å². The Morgan fingerprint density at radius 3 is 1.14 bits per heavy atom. The van der Waals surface area contributed by atoms with E-state index in [-0.39, 0.29) is 34.2 Å². The van der Waals surface area contributed by atoms with Crippen molar-refractivity contribution in [3.05, 3.63) is 46.9 Å². The number of halogens is 1. The van der Waals surface area contributed by atoms with Crippen molar-refractivity contribution in [1.29, 1.82) is 0 Å². The second-order valence-corrected chi connectivity index (χ2v) is 7.73. The van der Waals surface area contributed by atoms with E-state index < -0.39 is 7.12 Å². The SMILES string of the molecule is COc1cc(B(O)O)cc(OC)c1O.COc1cc(Br)cc(OC)c1O.COc1cccc(OC)c1O. The third kappa shape index (κ3) is 8.74. The van der Waals surface area contributed by atoms with Gasteiger partial charge in [-0.15, -0.1) is 0 Å². The van der Waals surface area contributed by atoms with E-state index in [9.17, 15) is 15.3 Å². The monoisotopic (exact) mass is 584 g/mol. The molecule has 0 aromatic heterocycles. The van der Waals surface area contributed by atoms with Crippen LogP contribution < -0.4 is 33.9 Å². The van der Waals surface area contributed by atoms with Crippen molar-refractivity contribution in [3.63, 3.8) is 0 Å². The van der Waals surface area contributed by atoms with Crippen LogP contribution in [0.2, 0.25) is 0 Å². The summed E-state index contributed by atoms with van der Waals surface area (Å²) in [5.41, 5.74) is 0.191. The van der Waals surface area contributed by atoms with Gasteiger partial charge in [-0.05, 0) is 41.9 Å². The van der Waals surface area contributed by atoms with Crippen molar-refractivity contribution in [2.24, 2.45) is 0 Å². The highest BCUT2D eigenvalue weighted by atomic mass is 79.9. The van der Waals surface area contributed by atoms with Gasteiger partial charge in [0, 0.05) is 4.47 Å². The Labute approximate surface area is 223 Å². The fraction of sp³-hybridized carbons (Fsp3) is 0.250. The number of aromatic hydroxyl groups is 3.